The van der Waals surface area contributed by atoms with Crippen LogP contribution in [0.2, 0.25) is 0 Å². The van der Waals surface area contributed by atoms with Crippen LogP contribution in [0.25, 0.3) is 0 Å². The summed E-state index contributed by atoms with van der Waals surface area (Å²) < 4.78 is 0. The second-order valence-corrected chi connectivity index (χ2v) is 3.46. The Morgan fingerprint density at radius 3 is 2.00 bits per heavy atom. The van der Waals surface area contributed by atoms with Crippen molar-refractivity contribution in [1.29, 1.82) is 0 Å². The van der Waals surface area contributed by atoms with Crippen molar-refractivity contribution in [2.75, 3.05) is 0 Å². The van der Waals surface area contributed by atoms with Crippen molar-refractivity contribution in [3.8, 4) is 0 Å². The lowest BCUT2D eigenvalue weighted by atomic mass is 9.82. The van der Waals surface area contributed by atoms with Gasteiger partial charge < -0.3 is 5.11 Å². The molecule has 1 N–H and O–H groups in total. The monoisotopic (exact) mass is 158 g/mol. The lowest BCUT2D eigenvalue weighted by Crippen LogP contribution is -2.25. The van der Waals surface area contributed by atoms with E-state index >= 15 is 0 Å². The Labute approximate surface area is 70.8 Å². The molecule has 0 spiro atoms. The van der Waals surface area contributed by atoms with Crippen LogP contribution in [0.4, 0.5) is 0 Å². The van der Waals surface area contributed by atoms with Gasteiger partial charge >= 0.3 is 0 Å². The summed E-state index contributed by atoms with van der Waals surface area (Å²) in [5, 5.41) is 9.35. The van der Waals surface area contributed by atoms with Crippen molar-refractivity contribution in [2.24, 2.45) is 11.8 Å². The van der Waals surface area contributed by atoms with Crippen molar-refractivity contribution in [1.82, 2.24) is 0 Å². The molecule has 68 valence electrons. The Kier molecular flexibility index (Phi) is 5.57. The summed E-state index contributed by atoms with van der Waals surface area (Å²) in [6.45, 7) is 8.35. The molecule has 3 atom stereocenters. The van der Waals surface area contributed by atoms with Crippen molar-refractivity contribution in [3.63, 3.8) is 0 Å². The molecule has 0 saturated heterocycles. The summed E-state index contributed by atoms with van der Waals surface area (Å²) in [6.07, 6.45) is 3.51. The molecule has 0 radical (unpaired) electrons. The predicted molar refractivity (Wildman–Crippen MR) is 49.5 cm³/mol. The number of hydrogen-bond donors (Lipinski definition) is 1. The fraction of sp³-hybridized carbons (Fsp3) is 1.00. The van der Waals surface area contributed by atoms with Crippen LogP contribution in [0.3, 0.4) is 0 Å². The molecule has 0 aliphatic heterocycles. The Bertz CT molecular complexity index is 90.9. The molecule has 1 saturated carbocycles. The van der Waals surface area contributed by atoms with Crippen molar-refractivity contribution >= 4 is 0 Å². The van der Waals surface area contributed by atoms with Crippen LogP contribution in [0.15, 0.2) is 0 Å². The average Bonchev–Trinajstić information content (AvgIpc) is 2.02. The third kappa shape index (κ3) is 3.76. The van der Waals surface area contributed by atoms with Crippen LogP contribution in [0.1, 0.15) is 47.0 Å². The quantitative estimate of drug-likeness (QED) is 0.574. The average molecular weight is 158 g/mol. The van der Waals surface area contributed by atoms with E-state index in [2.05, 4.69) is 13.8 Å². The highest BCUT2D eigenvalue weighted by atomic mass is 16.3. The topological polar surface area (TPSA) is 20.2 Å². The van der Waals surface area contributed by atoms with Crippen LogP contribution in [-0.2, 0) is 0 Å². The number of rotatable bonds is 0. The van der Waals surface area contributed by atoms with Gasteiger partial charge in [0.2, 0.25) is 0 Å². The second kappa shape index (κ2) is 5.59. The van der Waals surface area contributed by atoms with E-state index in [0.29, 0.717) is 5.92 Å². The molecule has 0 amide bonds. The molecule has 0 aromatic carbocycles. The SMILES string of the molecule is CC.CC1CC[C@@H](C)CC1O. The highest BCUT2D eigenvalue weighted by Gasteiger charge is 2.22. The number of hydrogen-bond acceptors (Lipinski definition) is 1. The first-order chi connectivity index (χ1) is 5.20. The summed E-state index contributed by atoms with van der Waals surface area (Å²) in [5.74, 6) is 1.29. The Hall–Kier alpha value is -0.0400. The summed E-state index contributed by atoms with van der Waals surface area (Å²) in [6, 6.07) is 0. The van der Waals surface area contributed by atoms with E-state index in [9.17, 15) is 5.11 Å². The zero-order chi connectivity index (χ0) is 8.85. The molecular weight excluding hydrogens is 136 g/mol. The molecule has 1 rings (SSSR count). The Balaban J connectivity index is 0.000000461. The first-order valence-corrected chi connectivity index (χ1v) is 4.88. The van der Waals surface area contributed by atoms with Gasteiger partial charge in [-0.05, 0) is 24.7 Å². The smallest absolute Gasteiger partial charge is 0.0568 e. The maximum Gasteiger partial charge on any atom is 0.0568 e. The molecule has 1 aliphatic carbocycles. The molecule has 0 aromatic heterocycles. The molecule has 1 nitrogen and oxygen atoms in total. The molecule has 11 heavy (non-hydrogen) atoms. The van der Waals surface area contributed by atoms with Gasteiger partial charge in [0.05, 0.1) is 6.10 Å². The molecule has 1 aliphatic rings. The lowest BCUT2D eigenvalue weighted by Gasteiger charge is -2.28. The maximum atomic E-state index is 9.35. The van der Waals surface area contributed by atoms with Gasteiger partial charge in [-0.15, -0.1) is 0 Å². The standard InChI is InChI=1S/C8H16O.C2H6/c1-6-3-4-7(2)8(9)5-6;1-2/h6-9H,3-5H2,1-2H3;1-2H3/t6-,7?,8?;/m1./s1. The highest BCUT2D eigenvalue weighted by molar-refractivity contribution is 4.74. The number of aliphatic hydroxyl groups is 1. The third-order valence-electron chi connectivity index (χ3n) is 2.42. The largest absolute Gasteiger partial charge is 0.393 e. The van der Waals surface area contributed by atoms with E-state index < -0.39 is 0 Å². The van der Waals surface area contributed by atoms with E-state index in [1.807, 2.05) is 13.8 Å². The van der Waals surface area contributed by atoms with Crippen molar-refractivity contribution in [2.45, 2.75) is 53.1 Å². The highest BCUT2D eigenvalue weighted by Crippen LogP contribution is 2.27. The van der Waals surface area contributed by atoms with Gasteiger partial charge in [-0.25, -0.2) is 0 Å². The van der Waals surface area contributed by atoms with Gasteiger partial charge in [0.25, 0.3) is 0 Å². The van der Waals surface area contributed by atoms with E-state index in [0.717, 1.165) is 12.3 Å². The summed E-state index contributed by atoms with van der Waals surface area (Å²) >= 11 is 0. The zero-order valence-electron chi connectivity index (χ0n) is 8.30. The molecule has 1 heteroatoms. The normalized spacial score (nSPS) is 37.4. The van der Waals surface area contributed by atoms with Crippen LogP contribution < -0.4 is 0 Å². The molecular formula is C10H22O. The number of aliphatic hydroxyl groups excluding tert-OH is 1. The van der Waals surface area contributed by atoms with Crippen LogP contribution >= 0.6 is 0 Å². The first-order valence-electron chi connectivity index (χ1n) is 4.88. The van der Waals surface area contributed by atoms with Crippen LogP contribution in [0.5, 0.6) is 0 Å². The third-order valence-corrected chi connectivity index (χ3v) is 2.42. The van der Waals surface area contributed by atoms with E-state index in [-0.39, 0.29) is 6.10 Å². The minimum atomic E-state index is -0.0197. The molecule has 1 fully saturated rings. The summed E-state index contributed by atoms with van der Waals surface area (Å²) in [5.41, 5.74) is 0. The van der Waals surface area contributed by atoms with Crippen molar-refractivity contribution in [3.05, 3.63) is 0 Å². The van der Waals surface area contributed by atoms with Crippen LogP contribution in [-0.4, -0.2) is 11.2 Å². The van der Waals surface area contributed by atoms with Gasteiger partial charge in [-0.1, -0.05) is 34.1 Å². The molecule has 2 unspecified atom stereocenters. The predicted octanol–water partition coefficient (Wildman–Crippen LogP) is 2.83. The Morgan fingerprint density at radius 2 is 1.64 bits per heavy atom. The van der Waals surface area contributed by atoms with Crippen LogP contribution in [0, 0.1) is 11.8 Å². The fourth-order valence-electron chi connectivity index (χ4n) is 1.50. The van der Waals surface area contributed by atoms with Gasteiger partial charge in [-0.3, -0.25) is 0 Å². The molecule has 0 heterocycles. The first kappa shape index (κ1) is 11.0. The van der Waals surface area contributed by atoms with Gasteiger partial charge in [-0.2, -0.15) is 0 Å². The zero-order valence-corrected chi connectivity index (χ0v) is 8.30. The van der Waals surface area contributed by atoms with E-state index in [4.69, 9.17) is 0 Å². The fourth-order valence-corrected chi connectivity index (χ4v) is 1.50. The van der Waals surface area contributed by atoms with Gasteiger partial charge in [0.15, 0.2) is 0 Å². The van der Waals surface area contributed by atoms with Gasteiger partial charge in [0.1, 0.15) is 0 Å². The minimum absolute atomic E-state index is 0.0197. The maximum absolute atomic E-state index is 9.35. The lowest BCUT2D eigenvalue weighted by molar-refractivity contribution is 0.0577. The molecule has 0 bridgehead atoms. The van der Waals surface area contributed by atoms with E-state index in [1.165, 1.54) is 12.8 Å². The summed E-state index contributed by atoms with van der Waals surface area (Å²) in [7, 11) is 0. The van der Waals surface area contributed by atoms with Crippen molar-refractivity contribution < 1.29 is 5.11 Å². The second-order valence-electron chi connectivity index (χ2n) is 3.46. The molecule has 0 aromatic rings. The Morgan fingerprint density at radius 1 is 1.09 bits per heavy atom. The minimum Gasteiger partial charge on any atom is -0.393 e. The summed E-state index contributed by atoms with van der Waals surface area (Å²) in [4.78, 5) is 0. The van der Waals surface area contributed by atoms with Gasteiger partial charge in [0, 0.05) is 0 Å². The van der Waals surface area contributed by atoms with E-state index in [1.54, 1.807) is 0 Å².